The summed E-state index contributed by atoms with van der Waals surface area (Å²) in [6.45, 7) is 6.78. The second-order valence-corrected chi connectivity index (χ2v) is 9.79. The quantitative estimate of drug-likeness (QED) is 0.403. The Balaban J connectivity index is 1.78. The molecular weight excluding hydrogens is 359 g/mol. The fourth-order valence-corrected chi connectivity index (χ4v) is 6.41. The lowest BCUT2D eigenvalue weighted by atomic mass is 10.1. The van der Waals surface area contributed by atoms with Crippen LogP contribution in [0.4, 0.5) is 0 Å². The van der Waals surface area contributed by atoms with Crippen LogP contribution < -0.4 is 15.2 Å². The summed E-state index contributed by atoms with van der Waals surface area (Å²) < 4.78 is 4.63. The molecule has 3 aromatic rings. The van der Waals surface area contributed by atoms with E-state index >= 15 is 0 Å². The summed E-state index contributed by atoms with van der Waals surface area (Å²) in [6, 6.07) is 22.8. The summed E-state index contributed by atoms with van der Waals surface area (Å²) in [5, 5.41) is 4.34. The summed E-state index contributed by atoms with van der Waals surface area (Å²) in [5.41, 5.74) is 1.53. The van der Waals surface area contributed by atoms with Gasteiger partial charge in [0, 0.05) is 0 Å². The molecule has 0 saturated carbocycles. The second-order valence-electron chi connectivity index (χ2n) is 7.60. The Labute approximate surface area is 169 Å². The number of nitrogens with zero attached hydrogens (tertiary/aromatic N) is 2. The standard InChI is InChI=1S/C25H28N2P/c1-20(2)26-17-18-27(19-26)21(3)24-15-10-16-25(24)28(22-11-6-4-7-12-22)23-13-8-5-9-14-23/h4-14,16-21H,15H2,1-3H3/q+1. The van der Waals surface area contributed by atoms with Gasteiger partial charge in [-0.25, -0.2) is 9.13 Å². The van der Waals surface area contributed by atoms with Crippen LogP contribution in [0.3, 0.4) is 0 Å². The van der Waals surface area contributed by atoms with Crippen LogP contribution >= 0.6 is 7.92 Å². The van der Waals surface area contributed by atoms with Gasteiger partial charge in [-0.3, -0.25) is 0 Å². The Morgan fingerprint density at radius 2 is 1.50 bits per heavy atom. The van der Waals surface area contributed by atoms with E-state index in [1.807, 2.05) is 0 Å². The number of hydrogen-bond acceptors (Lipinski definition) is 0. The molecule has 28 heavy (non-hydrogen) atoms. The number of allylic oxidation sites excluding steroid dienone is 4. The lowest BCUT2D eigenvalue weighted by Crippen LogP contribution is -2.37. The normalized spacial score (nSPS) is 15.0. The minimum Gasteiger partial charge on any atom is -0.235 e. The van der Waals surface area contributed by atoms with Crippen molar-refractivity contribution in [1.82, 2.24) is 4.57 Å². The highest BCUT2D eigenvalue weighted by Gasteiger charge is 2.27. The van der Waals surface area contributed by atoms with Crippen LogP contribution in [0.2, 0.25) is 0 Å². The smallest absolute Gasteiger partial charge is 0.235 e. The topological polar surface area (TPSA) is 8.81 Å². The number of aromatic nitrogens is 2. The first-order valence-electron chi connectivity index (χ1n) is 10.0. The van der Waals surface area contributed by atoms with Gasteiger partial charge in [0.15, 0.2) is 0 Å². The third kappa shape index (κ3) is 3.75. The molecule has 0 amide bonds. The summed E-state index contributed by atoms with van der Waals surface area (Å²) in [6.07, 6.45) is 12.4. The highest BCUT2D eigenvalue weighted by atomic mass is 31.1. The maximum atomic E-state index is 2.37. The molecule has 3 heteroatoms. The third-order valence-electron chi connectivity index (χ3n) is 5.44. The maximum absolute atomic E-state index is 2.37. The molecule has 1 aromatic heterocycles. The van der Waals surface area contributed by atoms with Crippen molar-refractivity contribution in [2.24, 2.45) is 0 Å². The summed E-state index contributed by atoms with van der Waals surface area (Å²) in [7, 11) is -0.547. The predicted octanol–water partition coefficient (Wildman–Crippen LogP) is 5.26. The first kappa shape index (κ1) is 18.9. The van der Waals surface area contributed by atoms with Crippen molar-refractivity contribution in [2.45, 2.75) is 39.3 Å². The van der Waals surface area contributed by atoms with Crippen molar-refractivity contribution < 1.29 is 4.57 Å². The molecule has 0 fully saturated rings. The highest BCUT2D eigenvalue weighted by Crippen LogP contribution is 2.49. The van der Waals surface area contributed by atoms with Crippen LogP contribution in [0.15, 0.2) is 102 Å². The van der Waals surface area contributed by atoms with Gasteiger partial charge in [0.1, 0.15) is 18.4 Å². The lowest BCUT2D eigenvalue weighted by Gasteiger charge is -2.23. The molecule has 0 radical (unpaired) electrons. The Kier molecular flexibility index (Phi) is 5.59. The fourth-order valence-electron chi connectivity index (χ4n) is 3.79. The van der Waals surface area contributed by atoms with E-state index < -0.39 is 7.92 Å². The second kappa shape index (κ2) is 8.29. The molecule has 1 unspecified atom stereocenters. The molecular formula is C25H28N2P+. The van der Waals surface area contributed by atoms with Gasteiger partial charge in [0.05, 0.1) is 6.04 Å². The van der Waals surface area contributed by atoms with Crippen molar-refractivity contribution in [1.29, 1.82) is 0 Å². The van der Waals surface area contributed by atoms with Crippen LogP contribution in [0.5, 0.6) is 0 Å². The summed E-state index contributed by atoms with van der Waals surface area (Å²) >= 11 is 0. The zero-order chi connectivity index (χ0) is 19.5. The molecule has 2 nitrogen and oxygen atoms in total. The average molecular weight is 387 g/mol. The van der Waals surface area contributed by atoms with Crippen LogP contribution in [0, 0.1) is 0 Å². The number of imidazole rings is 1. The van der Waals surface area contributed by atoms with E-state index in [4.69, 9.17) is 0 Å². The highest BCUT2D eigenvalue weighted by molar-refractivity contribution is 7.77. The van der Waals surface area contributed by atoms with Gasteiger partial charge in [-0.15, -0.1) is 0 Å². The first-order valence-corrected chi connectivity index (χ1v) is 11.4. The van der Waals surface area contributed by atoms with Crippen LogP contribution in [-0.2, 0) is 0 Å². The molecule has 0 saturated heterocycles. The van der Waals surface area contributed by atoms with Crippen LogP contribution in [0.25, 0.3) is 0 Å². The van der Waals surface area contributed by atoms with Gasteiger partial charge in [0.2, 0.25) is 6.33 Å². The van der Waals surface area contributed by atoms with E-state index in [2.05, 4.69) is 121 Å². The molecule has 0 spiro atoms. The van der Waals surface area contributed by atoms with Crippen molar-refractivity contribution >= 4 is 18.5 Å². The molecule has 0 N–H and O–H groups in total. The zero-order valence-corrected chi connectivity index (χ0v) is 17.8. The van der Waals surface area contributed by atoms with E-state index in [1.165, 1.54) is 21.5 Å². The molecule has 1 aliphatic rings. The molecule has 1 atom stereocenters. The van der Waals surface area contributed by atoms with E-state index in [0.29, 0.717) is 12.1 Å². The van der Waals surface area contributed by atoms with Crippen LogP contribution in [0.1, 0.15) is 39.3 Å². The van der Waals surface area contributed by atoms with Crippen LogP contribution in [-0.4, -0.2) is 4.57 Å². The molecule has 4 rings (SSSR count). The predicted molar refractivity (Wildman–Crippen MR) is 120 cm³/mol. The average Bonchev–Trinajstić information content (AvgIpc) is 3.40. The van der Waals surface area contributed by atoms with Gasteiger partial charge < -0.3 is 0 Å². The minimum absolute atomic E-state index is 0.349. The SMILES string of the molecule is CC(C)n1cc[n+](C(C)C2=C(P(c3ccccc3)c3ccccc3)C=CC2)c1. The first-order chi connectivity index (χ1) is 13.6. The lowest BCUT2D eigenvalue weighted by molar-refractivity contribution is -0.710. The zero-order valence-electron chi connectivity index (χ0n) is 16.9. The number of benzene rings is 2. The largest absolute Gasteiger partial charge is 0.244 e. The van der Waals surface area contributed by atoms with Gasteiger partial charge in [-0.05, 0) is 56.6 Å². The Morgan fingerprint density at radius 3 is 2.04 bits per heavy atom. The molecule has 0 bridgehead atoms. The maximum Gasteiger partial charge on any atom is 0.244 e. The van der Waals surface area contributed by atoms with E-state index in [0.717, 1.165) is 6.42 Å². The summed E-state index contributed by atoms with van der Waals surface area (Å²) in [4.78, 5) is 0. The number of rotatable bonds is 6. The summed E-state index contributed by atoms with van der Waals surface area (Å²) in [5.74, 6) is 0. The van der Waals surface area contributed by atoms with E-state index in [9.17, 15) is 0 Å². The van der Waals surface area contributed by atoms with Crippen molar-refractivity contribution in [2.75, 3.05) is 0 Å². The van der Waals surface area contributed by atoms with Gasteiger partial charge >= 0.3 is 0 Å². The van der Waals surface area contributed by atoms with Crippen molar-refractivity contribution in [3.8, 4) is 0 Å². The Bertz CT molecular complexity index is 944. The molecule has 0 aliphatic heterocycles. The molecule has 1 heterocycles. The van der Waals surface area contributed by atoms with Crippen molar-refractivity contribution in [3.05, 3.63) is 102 Å². The van der Waals surface area contributed by atoms with Gasteiger partial charge in [-0.1, -0.05) is 72.8 Å². The van der Waals surface area contributed by atoms with E-state index in [1.54, 1.807) is 0 Å². The monoisotopic (exact) mass is 387 g/mol. The van der Waals surface area contributed by atoms with Gasteiger partial charge in [-0.2, -0.15) is 0 Å². The van der Waals surface area contributed by atoms with Gasteiger partial charge in [0.25, 0.3) is 0 Å². The fraction of sp³-hybridized carbons (Fsp3) is 0.240. The van der Waals surface area contributed by atoms with Crippen molar-refractivity contribution in [3.63, 3.8) is 0 Å². The molecule has 1 aliphatic carbocycles. The Morgan fingerprint density at radius 1 is 0.893 bits per heavy atom. The number of hydrogen-bond donors (Lipinski definition) is 0. The molecule has 2 aromatic carbocycles. The minimum atomic E-state index is -0.547. The third-order valence-corrected chi connectivity index (χ3v) is 7.98. The Hall–Kier alpha value is -2.44. The van der Waals surface area contributed by atoms with E-state index in [-0.39, 0.29) is 0 Å². The molecule has 142 valence electrons.